The zero-order chi connectivity index (χ0) is 16.2. The molecular formula is C19H20N2O2. The summed E-state index contributed by atoms with van der Waals surface area (Å²) in [5.74, 6) is 0.788. The molecule has 1 heterocycles. The zero-order valence-corrected chi connectivity index (χ0v) is 13.4. The Morgan fingerprint density at radius 3 is 2.78 bits per heavy atom. The Balaban J connectivity index is 1.78. The number of anilines is 1. The Kier molecular flexibility index (Phi) is 4.33. The lowest BCUT2D eigenvalue weighted by Gasteiger charge is -2.11. The van der Waals surface area contributed by atoms with Crippen LogP contribution in [0.25, 0.3) is 10.9 Å². The molecule has 4 heteroatoms. The SMILES string of the molecule is CCc1ccccc1NC(=O)Cn1ccc2cc(OC)ccc21. The van der Waals surface area contributed by atoms with E-state index in [-0.39, 0.29) is 12.5 Å². The number of hydrogen-bond acceptors (Lipinski definition) is 2. The maximum atomic E-state index is 12.4. The Bertz CT molecular complexity index is 836. The first-order chi connectivity index (χ1) is 11.2. The standard InChI is InChI=1S/C19H20N2O2/c1-3-14-6-4-5-7-17(14)20-19(22)13-21-11-10-15-12-16(23-2)8-9-18(15)21/h4-12H,3,13H2,1-2H3,(H,20,22). The second-order valence-electron chi connectivity index (χ2n) is 5.43. The largest absolute Gasteiger partial charge is 0.497 e. The van der Waals surface area contributed by atoms with Crippen molar-refractivity contribution in [1.82, 2.24) is 4.57 Å². The minimum absolute atomic E-state index is 0.0285. The highest BCUT2D eigenvalue weighted by Crippen LogP contribution is 2.22. The Hall–Kier alpha value is -2.75. The summed E-state index contributed by atoms with van der Waals surface area (Å²) in [5.41, 5.74) is 3.05. The van der Waals surface area contributed by atoms with Crippen LogP contribution in [-0.2, 0) is 17.8 Å². The first-order valence-corrected chi connectivity index (χ1v) is 7.72. The summed E-state index contributed by atoms with van der Waals surface area (Å²) in [7, 11) is 1.65. The summed E-state index contributed by atoms with van der Waals surface area (Å²) in [6, 6.07) is 15.7. The summed E-state index contributed by atoms with van der Waals surface area (Å²) in [5, 5.41) is 4.06. The van der Waals surface area contributed by atoms with Crippen LogP contribution in [0.3, 0.4) is 0 Å². The van der Waals surface area contributed by atoms with Gasteiger partial charge < -0.3 is 14.6 Å². The zero-order valence-electron chi connectivity index (χ0n) is 13.4. The molecule has 0 radical (unpaired) electrons. The molecule has 1 amide bonds. The van der Waals surface area contributed by atoms with Gasteiger partial charge in [0.2, 0.25) is 5.91 Å². The third kappa shape index (κ3) is 3.21. The number of methoxy groups -OCH3 is 1. The van der Waals surface area contributed by atoms with Gasteiger partial charge in [-0.3, -0.25) is 4.79 Å². The van der Waals surface area contributed by atoms with Gasteiger partial charge in [-0.25, -0.2) is 0 Å². The van der Waals surface area contributed by atoms with Crippen LogP contribution >= 0.6 is 0 Å². The summed E-state index contributed by atoms with van der Waals surface area (Å²) in [6.45, 7) is 2.37. The van der Waals surface area contributed by atoms with Crippen LogP contribution in [0.5, 0.6) is 5.75 Å². The lowest BCUT2D eigenvalue weighted by molar-refractivity contribution is -0.116. The van der Waals surface area contributed by atoms with E-state index >= 15 is 0 Å². The number of fused-ring (bicyclic) bond motifs is 1. The molecule has 0 atom stereocenters. The highest BCUT2D eigenvalue weighted by atomic mass is 16.5. The lowest BCUT2D eigenvalue weighted by atomic mass is 10.1. The molecule has 0 aliphatic heterocycles. The monoisotopic (exact) mass is 308 g/mol. The van der Waals surface area contributed by atoms with Crippen LogP contribution in [0.2, 0.25) is 0 Å². The number of aromatic nitrogens is 1. The van der Waals surface area contributed by atoms with Gasteiger partial charge in [-0.15, -0.1) is 0 Å². The van der Waals surface area contributed by atoms with E-state index in [1.54, 1.807) is 7.11 Å². The summed E-state index contributed by atoms with van der Waals surface area (Å²) in [4.78, 5) is 12.4. The minimum Gasteiger partial charge on any atom is -0.497 e. The van der Waals surface area contributed by atoms with Gasteiger partial charge in [-0.05, 0) is 42.3 Å². The molecule has 0 aliphatic carbocycles. The van der Waals surface area contributed by atoms with Crippen molar-refractivity contribution in [1.29, 1.82) is 0 Å². The van der Waals surface area contributed by atoms with Gasteiger partial charge in [0.15, 0.2) is 0 Å². The number of ether oxygens (including phenoxy) is 1. The number of amides is 1. The quantitative estimate of drug-likeness (QED) is 0.778. The van der Waals surface area contributed by atoms with Gasteiger partial charge >= 0.3 is 0 Å². The van der Waals surface area contributed by atoms with E-state index in [1.165, 1.54) is 0 Å². The normalized spacial score (nSPS) is 10.7. The first-order valence-electron chi connectivity index (χ1n) is 7.72. The van der Waals surface area contributed by atoms with E-state index in [2.05, 4.69) is 12.2 Å². The van der Waals surface area contributed by atoms with E-state index in [0.717, 1.165) is 34.3 Å². The van der Waals surface area contributed by atoms with Gasteiger partial charge in [-0.2, -0.15) is 0 Å². The molecule has 1 aromatic heterocycles. The number of nitrogens with one attached hydrogen (secondary N) is 1. The number of carbonyl (C=O) groups is 1. The van der Waals surface area contributed by atoms with Crippen LogP contribution in [-0.4, -0.2) is 17.6 Å². The average molecular weight is 308 g/mol. The number of benzene rings is 2. The highest BCUT2D eigenvalue weighted by molar-refractivity contribution is 5.92. The number of hydrogen-bond donors (Lipinski definition) is 1. The number of rotatable bonds is 5. The van der Waals surface area contributed by atoms with Gasteiger partial charge in [0.25, 0.3) is 0 Å². The number of carbonyl (C=O) groups excluding carboxylic acids is 1. The molecule has 1 N–H and O–H groups in total. The van der Waals surface area contributed by atoms with Crippen molar-refractivity contribution in [3.05, 3.63) is 60.3 Å². The predicted molar refractivity (Wildman–Crippen MR) is 92.9 cm³/mol. The van der Waals surface area contributed by atoms with E-state index in [1.807, 2.05) is 59.3 Å². The molecule has 3 aromatic rings. The van der Waals surface area contributed by atoms with Crippen LogP contribution < -0.4 is 10.1 Å². The van der Waals surface area contributed by atoms with E-state index in [4.69, 9.17) is 4.74 Å². The Morgan fingerprint density at radius 2 is 2.00 bits per heavy atom. The van der Waals surface area contributed by atoms with E-state index in [0.29, 0.717) is 0 Å². The first kappa shape index (κ1) is 15.2. The summed E-state index contributed by atoms with van der Waals surface area (Å²) < 4.78 is 7.17. The maximum Gasteiger partial charge on any atom is 0.244 e. The minimum atomic E-state index is -0.0285. The van der Waals surface area contributed by atoms with Crippen molar-refractivity contribution >= 4 is 22.5 Å². The highest BCUT2D eigenvalue weighted by Gasteiger charge is 2.09. The van der Waals surface area contributed by atoms with Gasteiger partial charge in [0.05, 0.1) is 7.11 Å². The van der Waals surface area contributed by atoms with Crippen LogP contribution in [0.4, 0.5) is 5.69 Å². The van der Waals surface area contributed by atoms with Gasteiger partial charge in [0, 0.05) is 22.8 Å². The molecule has 0 unspecified atom stereocenters. The molecule has 4 nitrogen and oxygen atoms in total. The van der Waals surface area contributed by atoms with Gasteiger partial charge in [-0.1, -0.05) is 25.1 Å². The fraction of sp³-hybridized carbons (Fsp3) is 0.211. The van der Waals surface area contributed by atoms with E-state index < -0.39 is 0 Å². The second-order valence-corrected chi connectivity index (χ2v) is 5.43. The number of aryl methyl sites for hydroxylation is 1. The van der Waals surface area contributed by atoms with Crippen molar-refractivity contribution in [3.63, 3.8) is 0 Å². The molecule has 2 aromatic carbocycles. The third-order valence-corrected chi connectivity index (χ3v) is 3.96. The summed E-state index contributed by atoms with van der Waals surface area (Å²) in [6.07, 6.45) is 2.82. The van der Waals surface area contributed by atoms with Crippen LogP contribution in [0, 0.1) is 0 Å². The second kappa shape index (κ2) is 6.57. The molecule has 23 heavy (non-hydrogen) atoms. The lowest BCUT2D eigenvalue weighted by Crippen LogP contribution is -2.19. The van der Waals surface area contributed by atoms with Crippen LogP contribution in [0.15, 0.2) is 54.7 Å². The Labute approximate surface area is 135 Å². The third-order valence-electron chi connectivity index (χ3n) is 3.96. The topological polar surface area (TPSA) is 43.3 Å². The van der Waals surface area contributed by atoms with Crippen molar-refractivity contribution in [3.8, 4) is 5.75 Å². The average Bonchev–Trinajstić information content (AvgIpc) is 2.97. The number of para-hydroxylation sites is 1. The van der Waals surface area contributed by atoms with Crippen LogP contribution in [0.1, 0.15) is 12.5 Å². The fourth-order valence-electron chi connectivity index (χ4n) is 2.74. The predicted octanol–water partition coefficient (Wildman–Crippen LogP) is 3.85. The molecule has 0 spiro atoms. The smallest absolute Gasteiger partial charge is 0.244 e. The van der Waals surface area contributed by atoms with E-state index in [9.17, 15) is 4.79 Å². The molecule has 118 valence electrons. The number of nitrogens with zero attached hydrogens (tertiary/aromatic N) is 1. The van der Waals surface area contributed by atoms with Crippen molar-refractivity contribution < 1.29 is 9.53 Å². The molecule has 3 rings (SSSR count). The van der Waals surface area contributed by atoms with Gasteiger partial charge in [0.1, 0.15) is 12.3 Å². The molecule has 0 saturated heterocycles. The maximum absolute atomic E-state index is 12.4. The molecule has 0 bridgehead atoms. The molecule has 0 fully saturated rings. The van der Waals surface area contributed by atoms with Crippen molar-refractivity contribution in [2.45, 2.75) is 19.9 Å². The fourth-order valence-corrected chi connectivity index (χ4v) is 2.74. The molecular weight excluding hydrogens is 288 g/mol. The summed E-state index contributed by atoms with van der Waals surface area (Å²) >= 11 is 0. The van der Waals surface area contributed by atoms with Crippen molar-refractivity contribution in [2.24, 2.45) is 0 Å². The van der Waals surface area contributed by atoms with Crippen molar-refractivity contribution in [2.75, 3.05) is 12.4 Å². The molecule has 0 aliphatic rings. The molecule has 0 saturated carbocycles. The Morgan fingerprint density at radius 1 is 1.17 bits per heavy atom.